The molecule has 118 valence electrons. The maximum Gasteiger partial charge on any atom is 0.133 e. The van der Waals surface area contributed by atoms with Crippen LogP contribution in [0.3, 0.4) is 0 Å². The molecule has 2 aromatic rings. The summed E-state index contributed by atoms with van der Waals surface area (Å²) >= 11 is 0. The third-order valence-electron chi connectivity index (χ3n) is 4.07. The van der Waals surface area contributed by atoms with E-state index in [9.17, 15) is 4.39 Å². The van der Waals surface area contributed by atoms with E-state index in [0.29, 0.717) is 11.1 Å². The third-order valence-corrected chi connectivity index (χ3v) is 4.07. The fourth-order valence-electron chi connectivity index (χ4n) is 2.68. The van der Waals surface area contributed by atoms with Gasteiger partial charge >= 0.3 is 0 Å². The molecule has 0 aliphatic heterocycles. The molecule has 2 heteroatoms. The van der Waals surface area contributed by atoms with E-state index in [4.69, 9.17) is 0 Å². The van der Waals surface area contributed by atoms with E-state index in [1.54, 1.807) is 26.1 Å². The maximum atomic E-state index is 14.5. The molecule has 0 spiro atoms. The third kappa shape index (κ3) is 3.31. The van der Waals surface area contributed by atoms with Crippen LogP contribution in [-0.4, -0.2) is 12.8 Å². The summed E-state index contributed by atoms with van der Waals surface area (Å²) in [4.78, 5) is 4.27. The highest BCUT2D eigenvalue weighted by Crippen LogP contribution is 2.33. The molecule has 23 heavy (non-hydrogen) atoms. The first-order valence-electron chi connectivity index (χ1n) is 7.65. The second-order valence-electron chi connectivity index (χ2n) is 5.47. The largest absolute Gasteiger partial charge is 0.293 e. The molecule has 0 aliphatic rings. The van der Waals surface area contributed by atoms with Crippen molar-refractivity contribution in [2.75, 3.05) is 7.05 Å². The molecule has 0 N–H and O–H groups in total. The molecule has 0 amide bonds. The number of rotatable bonds is 4. The standard InChI is InChI=1S/C21H22FN/c1-6-17(20-13-9-10-14(2)21(20)22)15(3)18-11-7-8-12-19(18)16(4)23-5/h6-13H,3H2,1-2,4-5H3/b17-6+,23-16+. The number of aryl methyl sites for hydroxylation is 1. The highest BCUT2D eigenvalue weighted by atomic mass is 19.1. The van der Waals surface area contributed by atoms with E-state index in [-0.39, 0.29) is 5.82 Å². The minimum atomic E-state index is -0.194. The van der Waals surface area contributed by atoms with E-state index in [2.05, 4.69) is 11.6 Å². The maximum absolute atomic E-state index is 14.5. The van der Waals surface area contributed by atoms with Gasteiger partial charge in [0.05, 0.1) is 0 Å². The number of allylic oxidation sites excluding steroid dienone is 3. The summed E-state index contributed by atoms with van der Waals surface area (Å²) in [5.74, 6) is -0.194. The van der Waals surface area contributed by atoms with E-state index in [1.165, 1.54) is 0 Å². The van der Waals surface area contributed by atoms with Gasteiger partial charge in [-0.15, -0.1) is 0 Å². The van der Waals surface area contributed by atoms with Crippen LogP contribution in [0.15, 0.2) is 60.1 Å². The number of benzene rings is 2. The van der Waals surface area contributed by atoms with Crippen molar-refractivity contribution >= 4 is 16.9 Å². The smallest absolute Gasteiger partial charge is 0.133 e. The predicted molar refractivity (Wildman–Crippen MR) is 98.4 cm³/mol. The molecule has 0 bridgehead atoms. The van der Waals surface area contributed by atoms with Gasteiger partial charge in [0.15, 0.2) is 0 Å². The fourth-order valence-corrected chi connectivity index (χ4v) is 2.68. The van der Waals surface area contributed by atoms with Gasteiger partial charge in [0.1, 0.15) is 5.82 Å². The lowest BCUT2D eigenvalue weighted by Gasteiger charge is -2.16. The zero-order valence-corrected chi connectivity index (χ0v) is 14.2. The van der Waals surface area contributed by atoms with Gasteiger partial charge in [-0.3, -0.25) is 4.99 Å². The Labute approximate surface area is 137 Å². The number of hydrogen-bond acceptors (Lipinski definition) is 1. The summed E-state index contributed by atoms with van der Waals surface area (Å²) < 4.78 is 14.5. The van der Waals surface area contributed by atoms with Crippen molar-refractivity contribution in [3.63, 3.8) is 0 Å². The predicted octanol–water partition coefficient (Wildman–Crippen LogP) is 5.69. The number of hydrogen-bond donors (Lipinski definition) is 0. The molecule has 1 nitrogen and oxygen atoms in total. The summed E-state index contributed by atoms with van der Waals surface area (Å²) in [7, 11) is 1.77. The zero-order valence-electron chi connectivity index (χ0n) is 14.2. The lowest BCUT2D eigenvalue weighted by Crippen LogP contribution is -2.02. The Balaban J connectivity index is 2.58. The SMILES string of the molecule is C=C(/C(=C\C)c1cccc(C)c1F)c1ccccc1/C(C)=N/C. The molecule has 0 radical (unpaired) electrons. The van der Waals surface area contributed by atoms with Crippen molar-refractivity contribution in [1.29, 1.82) is 0 Å². The lowest BCUT2D eigenvalue weighted by molar-refractivity contribution is 0.615. The van der Waals surface area contributed by atoms with Crippen molar-refractivity contribution in [2.24, 2.45) is 4.99 Å². The lowest BCUT2D eigenvalue weighted by atomic mass is 9.88. The first kappa shape index (κ1) is 16.9. The van der Waals surface area contributed by atoms with Crippen LogP contribution in [-0.2, 0) is 0 Å². The van der Waals surface area contributed by atoms with Crippen LogP contribution < -0.4 is 0 Å². The summed E-state index contributed by atoms with van der Waals surface area (Å²) in [6.07, 6.45) is 1.91. The first-order chi connectivity index (χ1) is 11.0. The molecular weight excluding hydrogens is 285 g/mol. The van der Waals surface area contributed by atoms with E-state index in [1.807, 2.05) is 50.3 Å². The van der Waals surface area contributed by atoms with Gasteiger partial charge in [-0.2, -0.15) is 0 Å². The van der Waals surface area contributed by atoms with E-state index < -0.39 is 0 Å². The van der Waals surface area contributed by atoms with Gasteiger partial charge in [0, 0.05) is 23.9 Å². The second-order valence-corrected chi connectivity index (χ2v) is 5.47. The molecule has 2 rings (SSSR count). The van der Waals surface area contributed by atoms with Crippen molar-refractivity contribution in [2.45, 2.75) is 20.8 Å². The van der Waals surface area contributed by atoms with Crippen LogP contribution in [0.2, 0.25) is 0 Å². The molecule has 0 atom stereocenters. The second kappa shape index (κ2) is 7.19. The Morgan fingerprint density at radius 3 is 2.26 bits per heavy atom. The van der Waals surface area contributed by atoms with Gasteiger partial charge in [-0.1, -0.05) is 55.1 Å². The number of nitrogens with zero attached hydrogens (tertiary/aromatic N) is 1. The Hall–Kier alpha value is -2.48. The monoisotopic (exact) mass is 307 g/mol. The van der Waals surface area contributed by atoms with Gasteiger partial charge < -0.3 is 0 Å². The van der Waals surface area contributed by atoms with E-state index >= 15 is 0 Å². The Bertz CT molecular complexity index is 797. The molecule has 0 saturated heterocycles. The summed E-state index contributed by atoms with van der Waals surface area (Å²) in [6, 6.07) is 13.4. The quantitative estimate of drug-likeness (QED) is 0.508. The van der Waals surface area contributed by atoms with Gasteiger partial charge in [0.25, 0.3) is 0 Å². The van der Waals surface area contributed by atoms with Gasteiger partial charge in [0.2, 0.25) is 0 Å². The van der Waals surface area contributed by atoms with Crippen molar-refractivity contribution in [3.8, 4) is 0 Å². The summed E-state index contributed by atoms with van der Waals surface area (Å²) in [5.41, 5.74) is 5.75. The van der Waals surface area contributed by atoms with Crippen LogP contribution >= 0.6 is 0 Å². The van der Waals surface area contributed by atoms with Crippen LogP contribution in [0.25, 0.3) is 11.1 Å². The van der Waals surface area contributed by atoms with Crippen molar-refractivity contribution in [3.05, 3.63) is 83.2 Å². The topological polar surface area (TPSA) is 12.4 Å². The van der Waals surface area contributed by atoms with Crippen LogP contribution in [0, 0.1) is 12.7 Å². The minimum absolute atomic E-state index is 0.194. The Morgan fingerprint density at radius 1 is 1.04 bits per heavy atom. The van der Waals surface area contributed by atoms with Gasteiger partial charge in [-0.25, -0.2) is 4.39 Å². The summed E-state index contributed by atoms with van der Waals surface area (Å²) in [5, 5.41) is 0. The van der Waals surface area contributed by atoms with Crippen LogP contribution in [0.1, 0.15) is 36.1 Å². The van der Waals surface area contributed by atoms with Crippen molar-refractivity contribution in [1.82, 2.24) is 0 Å². The van der Waals surface area contributed by atoms with E-state index in [0.717, 1.165) is 28.0 Å². The minimum Gasteiger partial charge on any atom is -0.293 e. The molecule has 0 saturated carbocycles. The Kier molecular flexibility index (Phi) is 5.28. The molecule has 0 aromatic heterocycles. The normalized spacial score (nSPS) is 12.4. The molecule has 0 heterocycles. The van der Waals surface area contributed by atoms with Gasteiger partial charge in [-0.05, 0) is 43.0 Å². The molecule has 0 fully saturated rings. The first-order valence-corrected chi connectivity index (χ1v) is 7.65. The highest BCUT2D eigenvalue weighted by molar-refractivity contribution is 6.11. The number of halogens is 1. The molecule has 2 aromatic carbocycles. The highest BCUT2D eigenvalue weighted by Gasteiger charge is 2.16. The fraction of sp³-hybridized carbons (Fsp3) is 0.190. The number of aliphatic imine (C=N–C) groups is 1. The molecule has 0 aliphatic carbocycles. The van der Waals surface area contributed by atoms with Crippen LogP contribution in [0.4, 0.5) is 4.39 Å². The average molecular weight is 307 g/mol. The van der Waals surface area contributed by atoms with Crippen molar-refractivity contribution < 1.29 is 4.39 Å². The molecular formula is C21H22FN. The summed E-state index contributed by atoms with van der Waals surface area (Å²) in [6.45, 7) is 9.88. The zero-order chi connectivity index (χ0) is 17.0. The average Bonchev–Trinajstić information content (AvgIpc) is 2.58. The molecule has 0 unspecified atom stereocenters. The van der Waals surface area contributed by atoms with Crippen LogP contribution in [0.5, 0.6) is 0 Å². The Morgan fingerprint density at radius 2 is 1.65 bits per heavy atom.